The maximum Gasteiger partial charge on any atom is 0.366 e. The van der Waals surface area contributed by atoms with Gasteiger partial charge >= 0.3 is 11.9 Å². The van der Waals surface area contributed by atoms with Crippen molar-refractivity contribution >= 4 is 34.1 Å². The third-order valence-electron chi connectivity index (χ3n) is 1.82. The number of nitrogens with one attached hydrogen (secondary N) is 1. The van der Waals surface area contributed by atoms with Gasteiger partial charge in [0.15, 0.2) is 0 Å². The molecule has 1 rings (SSSR count). The van der Waals surface area contributed by atoms with Crippen molar-refractivity contribution in [3.8, 4) is 0 Å². The molecular weight excluding hydrogens is 270 g/mol. The maximum atomic E-state index is 11.6. The minimum absolute atomic E-state index is 0.146. The van der Waals surface area contributed by atoms with Crippen LogP contribution in [0.15, 0.2) is 10.5 Å². The minimum Gasteiger partial charge on any atom is -0.461 e. The first-order chi connectivity index (χ1) is 9.08. The third-order valence-corrected chi connectivity index (χ3v) is 2.68. The molecule has 7 nitrogen and oxygen atoms in total. The zero-order chi connectivity index (χ0) is 14.3. The van der Waals surface area contributed by atoms with Gasteiger partial charge in [-0.15, -0.1) is 11.3 Å². The highest BCUT2D eigenvalue weighted by Gasteiger charge is 2.23. The summed E-state index contributed by atoms with van der Waals surface area (Å²) in [7, 11) is 0. The van der Waals surface area contributed by atoms with Gasteiger partial charge in [0.25, 0.3) is 5.71 Å². The zero-order valence-corrected chi connectivity index (χ0v) is 11.7. The van der Waals surface area contributed by atoms with Crippen molar-refractivity contribution in [3.05, 3.63) is 11.1 Å². The van der Waals surface area contributed by atoms with Crippen LogP contribution in [0.25, 0.3) is 0 Å². The van der Waals surface area contributed by atoms with Crippen molar-refractivity contribution in [1.29, 1.82) is 0 Å². The number of nitrogens with zero attached hydrogens (tertiary/aromatic N) is 2. The fourth-order valence-electron chi connectivity index (χ4n) is 1.08. The molecule has 0 aromatic carbocycles. The summed E-state index contributed by atoms with van der Waals surface area (Å²) < 4.78 is 9.48. The number of ether oxygens (including phenoxy) is 2. The minimum atomic E-state index is -0.832. The number of hydrogen-bond donors (Lipinski definition) is 1. The molecule has 0 amide bonds. The first-order valence-corrected chi connectivity index (χ1v) is 6.56. The molecule has 8 heteroatoms. The van der Waals surface area contributed by atoms with Gasteiger partial charge in [0.05, 0.1) is 18.9 Å². The van der Waals surface area contributed by atoms with E-state index in [9.17, 15) is 9.59 Å². The van der Waals surface area contributed by atoms with Gasteiger partial charge in [-0.3, -0.25) is 5.43 Å². The lowest BCUT2D eigenvalue weighted by molar-refractivity contribution is -0.140. The quantitative estimate of drug-likeness (QED) is 0.367. The zero-order valence-electron chi connectivity index (χ0n) is 10.9. The number of esters is 2. The number of hydrogen-bond acceptors (Lipinski definition) is 8. The second-order valence-electron chi connectivity index (χ2n) is 3.31. The highest BCUT2D eigenvalue weighted by atomic mass is 32.1. The van der Waals surface area contributed by atoms with Gasteiger partial charge in [-0.1, -0.05) is 0 Å². The standard InChI is InChI=1S/C11H15N3O4S/c1-4-17-9(15)8(10(16)18-5-2)13-14-11-12-7(3)6-19-11/h6H,4-5H2,1-3H3,(H,12,14). The summed E-state index contributed by atoms with van der Waals surface area (Å²) in [6, 6.07) is 0. The van der Waals surface area contributed by atoms with E-state index in [0.717, 1.165) is 5.69 Å². The topological polar surface area (TPSA) is 89.9 Å². The van der Waals surface area contributed by atoms with Crippen LogP contribution in [-0.2, 0) is 19.1 Å². The smallest absolute Gasteiger partial charge is 0.366 e. The van der Waals surface area contributed by atoms with Gasteiger partial charge in [0.2, 0.25) is 5.13 Å². The van der Waals surface area contributed by atoms with E-state index in [1.807, 2.05) is 12.3 Å². The highest BCUT2D eigenvalue weighted by molar-refractivity contribution is 7.13. The fourth-order valence-corrected chi connectivity index (χ4v) is 1.71. The molecule has 0 fully saturated rings. The predicted octanol–water partition coefficient (Wildman–Crippen LogP) is 1.35. The van der Waals surface area contributed by atoms with Gasteiger partial charge < -0.3 is 9.47 Å². The predicted molar refractivity (Wildman–Crippen MR) is 71.2 cm³/mol. The van der Waals surface area contributed by atoms with Crippen LogP contribution < -0.4 is 5.43 Å². The molecule has 0 radical (unpaired) electrons. The monoisotopic (exact) mass is 285 g/mol. The molecule has 1 aromatic heterocycles. The van der Waals surface area contributed by atoms with E-state index >= 15 is 0 Å². The van der Waals surface area contributed by atoms with E-state index in [2.05, 4.69) is 15.5 Å². The molecule has 1 heterocycles. The lowest BCUT2D eigenvalue weighted by Gasteiger charge is -2.05. The second kappa shape index (κ2) is 7.47. The molecule has 1 N–H and O–H groups in total. The molecule has 0 aliphatic heterocycles. The van der Waals surface area contributed by atoms with Gasteiger partial charge in [-0.25, -0.2) is 14.6 Å². The van der Waals surface area contributed by atoms with Crippen molar-refractivity contribution < 1.29 is 19.1 Å². The van der Waals surface area contributed by atoms with Crippen molar-refractivity contribution in [3.63, 3.8) is 0 Å². The Hall–Kier alpha value is -1.96. The van der Waals surface area contributed by atoms with Crippen molar-refractivity contribution in [1.82, 2.24) is 4.98 Å². The Labute approximate surface area is 114 Å². The number of rotatable bonds is 6. The highest BCUT2D eigenvalue weighted by Crippen LogP contribution is 2.14. The molecule has 19 heavy (non-hydrogen) atoms. The van der Waals surface area contributed by atoms with Gasteiger partial charge in [0.1, 0.15) is 0 Å². The average Bonchev–Trinajstić information content (AvgIpc) is 2.76. The number of hydrazone groups is 1. The summed E-state index contributed by atoms with van der Waals surface area (Å²) in [5.41, 5.74) is 2.92. The first-order valence-electron chi connectivity index (χ1n) is 5.68. The third kappa shape index (κ3) is 4.66. The average molecular weight is 285 g/mol. The van der Waals surface area contributed by atoms with Crippen molar-refractivity contribution in [2.75, 3.05) is 18.6 Å². The molecule has 0 spiro atoms. The molecule has 0 atom stereocenters. The largest absolute Gasteiger partial charge is 0.461 e. The van der Waals surface area contributed by atoms with Crippen LogP contribution >= 0.6 is 11.3 Å². The molecule has 104 valence electrons. The van der Waals surface area contributed by atoms with Gasteiger partial charge in [0, 0.05) is 5.38 Å². The molecule has 0 unspecified atom stereocenters. The number of aromatic nitrogens is 1. The Morgan fingerprint density at radius 2 is 1.89 bits per heavy atom. The number of aryl methyl sites for hydroxylation is 1. The Kier molecular flexibility index (Phi) is 5.94. The van der Waals surface area contributed by atoms with E-state index in [-0.39, 0.29) is 13.2 Å². The van der Waals surface area contributed by atoms with E-state index < -0.39 is 17.7 Å². The van der Waals surface area contributed by atoms with E-state index in [1.54, 1.807) is 13.8 Å². The van der Waals surface area contributed by atoms with Gasteiger partial charge in [-0.05, 0) is 20.8 Å². The van der Waals surface area contributed by atoms with Crippen LogP contribution in [-0.4, -0.2) is 35.8 Å². The normalized spacial score (nSPS) is 9.63. The van der Waals surface area contributed by atoms with Crippen molar-refractivity contribution in [2.24, 2.45) is 5.10 Å². The lowest BCUT2D eigenvalue weighted by Crippen LogP contribution is -2.29. The molecule has 0 aliphatic carbocycles. The summed E-state index contributed by atoms with van der Waals surface area (Å²) >= 11 is 1.31. The number of carbonyl (C=O) groups excluding carboxylic acids is 2. The number of thiazole rings is 1. The van der Waals surface area contributed by atoms with E-state index in [1.165, 1.54) is 11.3 Å². The first kappa shape index (κ1) is 15.1. The van der Waals surface area contributed by atoms with Crippen LogP contribution in [0.2, 0.25) is 0 Å². The molecule has 0 saturated carbocycles. The van der Waals surface area contributed by atoms with Crippen LogP contribution in [0.1, 0.15) is 19.5 Å². The Morgan fingerprint density at radius 3 is 2.32 bits per heavy atom. The summed E-state index contributed by atoms with van der Waals surface area (Å²) in [5, 5.41) is 6.00. The van der Waals surface area contributed by atoms with E-state index in [4.69, 9.17) is 9.47 Å². The van der Waals surface area contributed by atoms with Gasteiger partial charge in [-0.2, -0.15) is 5.10 Å². The summed E-state index contributed by atoms with van der Waals surface area (Å²) in [6.07, 6.45) is 0. The maximum absolute atomic E-state index is 11.6. The summed E-state index contributed by atoms with van der Waals surface area (Å²) in [4.78, 5) is 27.2. The molecule has 0 bridgehead atoms. The Balaban J connectivity index is 2.82. The van der Waals surface area contributed by atoms with Crippen LogP contribution in [0, 0.1) is 6.92 Å². The Morgan fingerprint density at radius 1 is 1.32 bits per heavy atom. The van der Waals surface area contributed by atoms with Crippen molar-refractivity contribution in [2.45, 2.75) is 20.8 Å². The summed E-state index contributed by atoms with van der Waals surface area (Å²) in [5.74, 6) is -1.66. The molecule has 0 saturated heterocycles. The van der Waals surface area contributed by atoms with Crippen LogP contribution in [0.3, 0.4) is 0 Å². The molecule has 0 aliphatic rings. The Bertz CT molecular complexity index is 464. The van der Waals surface area contributed by atoms with E-state index in [0.29, 0.717) is 5.13 Å². The SMILES string of the molecule is CCOC(=O)C(=NNc1nc(C)cs1)C(=O)OCC. The van der Waals surface area contributed by atoms with Crippen LogP contribution in [0.4, 0.5) is 5.13 Å². The molecular formula is C11H15N3O4S. The molecule has 1 aromatic rings. The lowest BCUT2D eigenvalue weighted by atomic mass is 10.4. The fraction of sp³-hybridized carbons (Fsp3) is 0.455. The number of anilines is 1. The summed E-state index contributed by atoms with van der Waals surface area (Å²) in [6.45, 7) is 5.39. The second-order valence-corrected chi connectivity index (χ2v) is 4.17. The van der Waals surface area contributed by atoms with Crippen LogP contribution in [0.5, 0.6) is 0 Å². The number of carbonyl (C=O) groups is 2.